The zero-order chi connectivity index (χ0) is 7.61. The number of hydrogen-bond acceptors (Lipinski definition) is 2. The highest BCUT2D eigenvalue weighted by atomic mass is 16.5. The molecule has 2 nitrogen and oxygen atoms in total. The Bertz CT molecular complexity index is 108. The van der Waals surface area contributed by atoms with Crippen molar-refractivity contribution in [3.05, 3.63) is 0 Å². The summed E-state index contributed by atoms with van der Waals surface area (Å²) in [4.78, 5) is 2.23. The summed E-state index contributed by atoms with van der Waals surface area (Å²) in [6.45, 7) is 5.39. The van der Waals surface area contributed by atoms with Gasteiger partial charge in [0, 0.05) is 5.41 Å². The molecule has 0 aromatic heterocycles. The van der Waals surface area contributed by atoms with Crippen LogP contribution in [0, 0.1) is 5.41 Å². The predicted octanol–water partition coefficient (Wildman–Crippen LogP) is 0.975. The van der Waals surface area contributed by atoms with Crippen LogP contribution in [0.3, 0.4) is 0 Å². The van der Waals surface area contributed by atoms with Gasteiger partial charge in [0.1, 0.15) is 0 Å². The second-order valence-corrected chi connectivity index (χ2v) is 3.86. The maximum atomic E-state index is 5.15. The third-order valence-corrected chi connectivity index (χ3v) is 2.06. The lowest BCUT2D eigenvalue weighted by Gasteiger charge is -2.38. The Balaban J connectivity index is 2.12. The molecule has 0 amide bonds. The van der Waals surface area contributed by atoms with Crippen LogP contribution in [0.25, 0.3) is 0 Å². The summed E-state index contributed by atoms with van der Waals surface area (Å²) in [5.74, 6) is 0. The highest BCUT2D eigenvalue weighted by Gasteiger charge is 2.32. The summed E-state index contributed by atoms with van der Waals surface area (Å²) in [6.07, 6.45) is 1.26. The highest BCUT2D eigenvalue weighted by molar-refractivity contribution is 4.80. The fourth-order valence-corrected chi connectivity index (χ4v) is 1.09. The number of ether oxygens (including phenoxy) is 1. The van der Waals surface area contributed by atoms with E-state index in [0.29, 0.717) is 5.41 Å². The lowest BCUT2D eigenvalue weighted by atomic mass is 9.85. The topological polar surface area (TPSA) is 12.5 Å². The van der Waals surface area contributed by atoms with Gasteiger partial charge in [0.2, 0.25) is 0 Å². The first-order valence-electron chi connectivity index (χ1n) is 3.85. The van der Waals surface area contributed by atoms with Gasteiger partial charge in [0.05, 0.1) is 13.2 Å². The molecule has 0 aromatic carbocycles. The van der Waals surface area contributed by atoms with Crippen LogP contribution in [0.2, 0.25) is 0 Å². The fraction of sp³-hybridized carbons (Fsp3) is 1.00. The van der Waals surface area contributed by atoms with Gasteiger partial charge in [-0.25, -0.2) is 0 Å². The molecule has 0 unspecified atom stereocenters. The summed E-state index contributed by atoms with van der Waals surface area (Å²) in [5.41, 5.74) is 0.490. The Morgan fingerprint density at radius 2 is 2.00 bits per heavy atom. The molecule has 0 aromatic rings. The van der Waals surface area contributed by atoms with Gasteiger partial charge in [0.15, 0.2) is 0 Å². The molecule has 0 aliphatic carbocycles. The Labute approximate surface area is 63.2 Å². The van der Waals surface area contributed by atoms with Crippen molar-refractivity contribution < 1.29 is 4.74 Å². The van der Waals surface area contributed by atoms with E-state index in [1.807, 2.05) is 0 Å². The van der Waals surface area contributed by atoms with E-state index in [2.05, 4.69) is 25.9 Å². The van der Waals surface area contributed by atoms with E-state index in [-0.39, 0.29) is 0 Å². The Kier molecular flexibility index (Phi) is 2.32. The molecular formula is C8H17NO. The molecule has 1 aliphatic heterocycles. The third kappa shape index (κ3) is 1.96. The van der Waals surface area contributed by atoms with Gasteiger partial charge in [-0.15, -0.1) is 0 Å². The second-order valence-electron chi connectivity index (χ2n) is 3.86. The molecule has 0 radical (unpaired) electrons. The lowest BCUT2D eigenvalue weighted by molar-refractivity contribution is -0.107. The van der Waals surface area contributed by atoms with Crippen LogP contribution in [0.1, 0.15) is 13.3 Å². The van der Waals surface area contributed by atoms with E-state index < -0.39 is 0 Å². The summed E-state index contributed by atoms with van der Waals surface area (Å²) in [6, 6.07) is 0. The molecule has 0 atom stereocenters. The van der Waals surface area contributed by atoms with Crippen LogP contribution in [0.15, 0.2) is 0 Å². The average Bonchev–Trinajstić information content (AvgIpc) is 1.79. The first kappa shape index (κ1) is 8.02. The molecule has 0 bridgehead atoms. The van der Waals surface area contributed by atoms with Crippen LogP contribution in [0.4, 0.5) is 0 Å². The Morgan fingerprint density at radius 3 is 2.30 bits per heavy atom. The minimum absolute atomic E-state index is 0.490. The van der Waals surface area contributed by atoms with Crippen LogP contribution in [-0.4, -0.2) is 38.8 Å². The van der Waals surface area contributed by atoms with E-state index >= 15 is 0 Å². The van der Waals surface area contributed by atoms with Crippen molar-refractivity contribution in [2.24, 2.45) is 5.41 Å². The average molecular weight is 143 g/mol. The van der Waals surface area contributed by atoms with Gasteiger partial charge in [0.25, 0.3) is 0 Å². The quantitative estimate of drug-likeness (QED) is 0.584. The van der Waals surface area contributed by atoms with Crippen molar-refractivity contribution in [3.8, 4) is 0 Å². The van der Waals surface area contributed by atoms with Gasteiger partial charge in [-0.05, 0) is 27.1 Å². The predicted molar refractivity (Wildman–Crippen MR) is 42.1 cm³/mol. The zero-order valence-corrected chi connectivity index (χ0v) is 7.18. The largest absolute Gasteiger partial charge is 0.380 e. The van der Waals surface area contributed by atoms with Crippen LogP contribution in [-0.2, 0) is 4.74 Å². The molecule has 60 valence electrons. The summed E-state index contributed by atoms with van der Waals surface area (Å²) in [5, 5.41) is 0. The van der Waals surface area contributed by atoms with Gasteiger partial charge in [-0.3, -0.25) is 0 Å². The molecule has 1 fully saturated rings. The van der Waals surface area contributed by atoms with Gasteiger partial charge in [-0.2, -0.15) is 0 Å². The van der Waals surface area contributed by atoms with E-state index in [1.165, 1.54) is 13.0 Å². The fourth-order valence-electron chi connectivity index (χ4n) is 1.09. The number of nitrogens with zero attached hydrogens (tertiary/aromatic N) is 1. The first-order chi connectivity index (χ1) is 4.62. The molecule has 1 aliphatic rings. The molecule has 0 saturated carbocycles. The van der Waals surface area contributed by atoms with Gasteiger partial charge >= 0.3 is 0 Å². The minimum Gasteiger partial charge on any atom is -0.380 e. The van der Waals surface area contributed by atoms with Crippen molar-refractivity contribution in [1.82, 2.24) is 4.90 Å². The van der Waals surface area contributed by atoms with Crippen molar-refractivity contribution in [2.45, 2.75) is 13.3 Å². The van der Waals surface area contributed by atoms with Crippen molar-refractivity contribution >= 4 is 0 Å². The highest BCUT2D eigenvalue weighted by Crippen LogP contribution is 2.30. The SMILES string of the molecule is CN(C)CCC1(C)COC1. The van der Waals surface area contributed by atoms with Gasteiger partial charge in [-0.1, -0.05) is 6.92 Å². The second kappa shape index (κ2) is 2.89. The molecular weight excluding hydrogens is 126 g/mol. The Hall–Kier alpha value is -0.0800. The zero-order valence-electron chi connectivity index (χ0n) is 7.18. The molecule has 0 spiro atoms. The molecule has 2 heteroatoms. The number of hydrogen-bond donors (Lipinski definition) is 0. The third-order valence-electron chi connectivity index (χ3n) is 2.06. The van der Waals surface area contributed by atoms with E-state index in [4.69, 9.17) is 4.74 Å². The molecule has 1 rings (SSSR count). The van der Waals surface area contributed by atoms with E-state index in [0.717, 1.165) is 13.2 Å². The monoisotopic (exact) mass is 143 g/mol. The van der Waals surface area contributed by atoms with Crippen LogP contribution in [0.5, 0.6) is 0 Å². The van der Waals surface area contributed by atoms with Crippen LogP contribution >= 0.6 is 0 Å². The molecule has 0 N–H and O–H groups in total. The van der Waals surface area contributed by atoms with Crippen molar-refractivity contribution in [3.63, 3.8) is 0 Å². The van der Waals surface area contributed by atoms with E-state index in [9.17, 15) is 0 Å². The maximum Gasteiger partial charge on any atom is 0.0542 e. The molecule has 1 saturated heterocycles. The van der Waals surface area contributed by atoms with E-state index in [1.54, 1.807) is 0 Å². The lowest BCUT2D eigenvalue weighted by Crippen LogP contribution is -2.41. The molecule has 1 heterocycles. The summed E-state index contributed by atoms with van der Waals surface area (Å²) >= 11 is 0. The van der Waals surface area contributed by atoms with Gasteiger partial charge < -0.3 is 9.64 Å². The summed E-state index contributed by atoms with van der Waals surface area (Å²) in [7, 11) is 4.23. The standard InChI is InChI=1S/C8H17NO/c1-8(6-10-7-8)4-5-9(2)3/h4-7H2,1-3H3. The normalized spacial score (nSPS) is 22.8. The van der Waals surface area contributed by atoms with Crippen molar-refractivity contribution in [1.29, 1.82) is 0 Å². The minimum atomic E-state index is 0.490. The smallest absolute Gasteiger partial charge is 0.0542 e. The van der Waals surface area contributed by atoms with Crippen molar-refractivity contribution in [2.75, 3.05) is 33.9 Å². The first-order valence-corrected chi connectivity index (χ1v) is 3.85. The number of rotatable bonds is 3. The molecule has 10 heavy (non-hydrogen) atoms. The summed E-state index contributed by atoms with van der Waals surface area (Å²) < 4.78 is 5.15. The Morgan fingerprint density at radius 1 is 1.40 bits per heavy atom. The van der Waals surface area contributed by atoms with Crippen LogP contribution < -0.4 is 0 Å². The maximum absolute atomic E-state index is 5.15.